The zero-order valence-electron chi connectivity index (χ0n) is 12.8. The van der Waals surface area contributed by atoms with Crippen LogP contribution in [0, 0.1) is 0 Å². The molecule has 0 aliphatic carbocycles. The van der Waals surface area contributed by atoms with E-state index in [1.54, 1.807) is 4.90 Å². The minimum Gasteiger partial charge on any atom is -0.478 e. The first kappa shape index (κ1) is 18.0. The normalized spacial score (nSPS) is 18.0. The van der Waals surface area contributed by atoms with Crippen LogP contribution in [0.5, 0.6) is 0 Å². The Morgan fingerprint density at radius 3 is 2.57 bits per heavy atom. The second-order valence-corrected chi connectivity index (χ2v) is 6.32. The number of likely N-dealkylation sites (tertiary alicyclic amines) is 1. The minimum atomic E-state index is -1.21. The fourth-order valence-corrected chi connectivity index (χ4v) is 2.94. The van der Waals surface area contributed by atoms with Crippen LogP contribution in [0.3, 0.4) is 0 Å². The Morgan fingerprint density at radius 2 is 1.96 bits per heavy atom. The molecule has 1 saturated heterocycles. The largest absolute Gasteiger partial charge is 0.478 e. The zero-order chi connectivity index (χ0) is 17.0. The second kappa shape index (κ2) is 7.99. The van der Waals surface area contributed by atoms with Crippen LogP contribution in [0.2, 0.25) is 10.0 Å². The van der Waals surface area contributed by atoms with Crippen molar-refractivity contribution < 1.29 is 19.4 Å². The molecule has 7 heteroatoms. The molecule has 0 radical (unpaired) electrons. The van der Waals surface area contributed by atoms with Gasteiger partial charge < -0.3 is 14.7 Å². The number of nitrogens with zero attached hydrogens (tertiary/aromatic N) is 1. The van der Waals surface area contributed by atoms with Gasteiger partial charge in [0.2, 0.25) is 0 Å². The van der Waals surface area contributed by atoms with Crippen molar-refractivity contribution in [3.05, 3.63) is 33.3 Å². The number of piperidine rings is 1. The van der Waals surface area contributed by atoms with Crippen molar-refractivity contribution in [1.29, 1.82) is 0 Å². The molecule has 0 unspecified atom stereocenters. The van der Waals surface area contributed by atoms with Gasteiger partial charge in [-0.2, -0.15) is 0 Å². The van der Waals surface area contributed by atoms with Crippen LogP contribution >= 0.6 is 23.2 Å². The van der Waals surface area contributed by atoms with Crippen LogP contribution in [0.1, 0.15) is 46.9 Å². The minimum absolute atomic E-state index is 0.0105. The molecular weight excluding hydrogens is 341 g/mol. The molecule has 1 fully saturated rings. The number of hydrogen-bond acceptors (Lipinski definition) is 3. The number of rotatable bonds is 5. The summed E-state index contributed by atoms with van der Waals surface area (Å²) in [4.78, 5) is 25.7. The van der Waals surface area contributed by atoms with Gasteiger partial charge in [-0.15, -0.1) is 0 Å². The molecule has 1 amide bonds. The van der Waals surface area contributed by atoms with Gasteiger partial charge >= 0.3 is 5.97 Å². The summed E-state index contributed by atoms with van der Waals surface area (Å²) in [6.07, 6.45) is 2.63. The van der Waals surface area contributed by atoms with Gasteiger partial charge in [0.05, 0.1) is 27.3 Å². The fraction of sp³-hybridized carbons (Fsp3) is 0.500. The van der Waals surface area contributed by atoms with Crippen LogP contribution in [0.15, 0.2) is 12.1 Å². The number of ether oxygens (including phenoxy) is 1. The third-order valence-corrected chi connectivity index (χ3v) is 4.47. The first-order chi connectivity index (χ1) is 10.9. The van der Waals surface area contributed by atoms with E-state index in [2.05, 4.69) is 0 Å². The van der Waals surface area contributed by atoms with E-state index in [-0.39, 0.29) is 33.2 Å². The van der Waals surface area contributed by atoms with Gasteiger partial charge in [0.25, 0.3) is 5.91 Å². The van der Waals surface area contributed by atoms with E-state index in [0.717, 1.165) is 19.3 Å². The number of carbonyl (C=O) groups excluding carboxylic acids is 1. The Hall–Kier alpha value is -1.30. The molecule has 0 spiro atoms. The maximum atomic E-state index is 12.7. The van der Waals surface area contributed by atoms with Crippen LogP contribution in [-0.2, 0) is 4.74 Å². The number of carboxylic acids is 1. The summed E-state index contributed by atoms with van der Waals surface area (Å²) < 4.78 is 5.71. The molecule has 0 aromatic heterocycles. The molecule has 1 aliphatic rings. The van der Waals surface area contributed by atoms with Gasteiger partial charge in [0.1, 0.15) is 0 Å². The van der Waals surface area contributed by atoms with Crippen LogP contribution in [-0.4, -0.2) is 47.7 Å². The number of hydrogen-bond donors (Lipinski definition) is 1. The standard InChI is InChI=1S/C16H19Cl2NO4/c1-2-6-23-10-4-3-5-19(9-10)15(20)11-7-13(17)14(18)8-12(11)16(21)22/h7-8,10H,2-6,9H2,1H3,(H,21,22)/t10-/m1/s1. The van der Waals surface area contributed by atoms with Crippen molar-refractivity contribution in [1.82, 2.24) is 4.90 Å². The van der Waals surface area contributed by atoms with Gasteiger partial charge in [0.15, 0.2) is 0 Å². The monoisotopic (exact) mass is 359 g/mol. The number of aromatic carboxylic acids is 1. The molecule has 0 bridgehead atoms. The third-order valence-electron chi connectivity index (χ3n) is 3.74. The molecule has 1 aromatic carbocycles. The highest BCUT2D eigenvalue weighted by Crippen LogP contribution is 2.28. The van der Waals surface area contributed by atoms with Gasteiger partial charge in [-0.05, 0) is 31.4 Å². The lowest BCUT2D eigenvalue weighted by Crippen LogP contribution is -2.43. The van der Waals surface area contributed by atoms with Crippen LogP contribution in [0.25, 0.3) is 0 Å². The maximum absolute atomic E-state index is 12.7. The van der Waals surface area contributed by atoms with E-state index in [9.17, 15) is 14.7 Å². The predicted octanol–water partition coefficient (Wildman–Crippen LogP) is 3.72. The molecule has 1 atom stereocenters. The Bertz CT molecular complexity index is 606. The van der Waals surface area contributed by atoms with Gasteiger partial charge in [-0.3, -0.25) is 4.79 Å². The average molecular weight is 360 g/mol. The van der Waals surface area contributed by atoms with E-state index < -0.39 is 5.97 Å². The number of carboxylic acid groups (broad SMARTS) is 1. The summed E-state index contributed by atoms with van der Waals surface area (Å²) in [5.41, 5.74) is -0.0796. The quantitative estimate of drug-likeness (QED) is 0.869. The van der Waals surface area contributed by atoms with Crippen molar-refractivity contribution in [2.24, 2.45) is 0 Å². The van der Waals surface area contributed by atoms with Gasteiger partial charge in [-0.1, -0.05) is 30.1 Å². The topological polar surface area (TPSA) is 66.8 Å². The van der Waals surface area contributed by atoms with E-state index >= 15 is 0 Å². The Morgan fingerprint density at radius 1 is 1.30 bits per heavy atom. The molecule has 23 heavy (non-hydrogen) atoms. The average Bonchev–Trinajstić information content (AvgIpc) is 2.54. The van der Waals surface area contributed by atoms with Crippen LogP contribution < -0.4 is 0 Å². The molecule has 0 saturated carbocycles. The SMILES string of the molecule is CCCO[C@@H]1CCCN(C(=O)c2cc(Cl)c(Cl)cc2C(=O)O)C1. The maximum Gasteiger partial charge on any atom is 0.336 e. The summed E-state index contributed by atoms with van der Waals surface area (Å²) in [5.74, 6) is -1.56. The summed E-state index contributed by atoms with van der Waals surface area (Å²) in [7, 11) is 0. The van der Waals surface area contributed by atoms with E-state index in [4.69, 9.17) is 27.9 Å². The zero-order valence-corrected chi connectivity index (χ0v) is 14.4. The lowest BCUT2D eigenvalue weighted by atomic mass is 10.0. The molecule has 1 aliphatic heterocycles. The van der Waals surface area contributed by atoms with Crippen molar-refractivity contribution in [2.75, 3.05) is 19.7 Å². The number of amides is 1. The molecule has 1 N–H and O–H groups in total. The Balaban J connectivity index is 2.22. The second-order valence-electron chi connectivity index (χ2n) is 5.50. The summed E-state index contributed by atoms with van der Waals surface area (Å²) >= 11 is 11.8. The number of halogens is 2. The third kappa shape index (κ3) is 4.37. The predicted molar refractivity (Wildman–Crippen MR) is 88.6 cm³/mol. The van der Waals surface area contributed by atoms with Crippen LogP contribution in [0.4, 0.5) is 0 Å². The van der Waals surface area contributed by atoms with E-state index in [0.29, 0.717) is 19.7 Å². The summed E-state index contributed by atoms with van der Waals surface area (Å²) in [6, 6.07) is 2.54. The first-order valence-electron chi connectivity index (χ1n) is 7.57. The molecule has 1 aromatic rings. The van der Waals surface area contributed by atoms with Crippen molar-refractivity contribution in [2.45, 2.75) is 32.3 Å². The van der Waals surface area contributed by atoms with Gasteiger partial charge in [-0.25, -0.2) is 4.79 Å². The highest BCUT2D eigenvalue weighted by atomic mass is 35.5. The Kier molecular flexibility index (Phi) is 6.27. The number of carbonyl (C=O) groups is 2. The van der Waals surface area contributed by atoms with Gasteiger partial charge in [0, 0.05) is 19.7 Å². The Labute approximate surface area is 145 Å². The van der Waals surface area contributed by atoms with E-state index in [1.165, 1.54) is 12.1 Å². The molecule has 126 valence electrons. The van der Waals surface area contributed by atoms with Crippen molar-refractivity contribution in [3.8, 4) is 0 Å². The molecular formula is C16H19Cl2NO4. The smallest absolute Gasteiger partial charge is 0.336 e. The first-order valence-corrected chi connectivity index (χ1v) is 8.32. The number of benzene rings is 1. The highest BCUT2D eigenvalue weighted by Gasteiger charge is 2.28. The molecule has 1 heterocycles. The van der Waals surface area contributed by atoms with Crippen molar-refractivity contribution >= 4 is 35.1 Å². The van der Waals surface area contributed by atoms with E-state index in [1.807, 2.05) is 6.92 Å². The summed E-state index contributed by atoms with van der Waals surface area (Å²) in [6.45, 7) is 3.71. The lowest BCUT2D eigenvalue weighted by molar-refractivity contribution is 0.00205. The lowest BCUT2D eigenvalue weighted by Gasteiger charge is -2.33. The summed E-state index contributed by atoms with van der Waals surface area (Å²) in [5, 5.41) is 9.58. The highest BCUT2D eigenvalue weighted by molar-refractivity contribution is 6.42. The fourth-order valence-electron chi connectivity index (χ4n) is 2.61. The van der Waals surface area contributed by atoms with Crippen molar-refractivity contribution in [3.63, 3.8) is 0 Å². The molecule has 2 rings (SSSR count). The molecule has 5 nitrogen and oxygen atoms in total.